The van der Waals surface area contributed by atoms with Crippen LogP contribution in [0.25, 0.3) is 0 Å². The molecule has 5 nitrogen and oxygen atoms in total. The number of methoxy groups -OCH3 is 1. The molecule has 1 rings (SSSR count). The normalized spacial score (nSPS) is 11.7. The first-order chi connectivity index (χ1) is 8.59. The minimum absolute atomic E-state index is 0.0344. The van der Waals surface area contributed by atoms with Gasteiger partial charge < -0.3 is 10.5 Å². The minimum Gasteiger partial charge on any atom is -0.385 e. The first-order valence-corrected chi connectivity index (χ1v) is 7.47. The summed E-state index contributed by atoms with van der Waals surface area (Å²) < 4.78 is 31.1. The van der Waals surface area contributed by atoms with Crippen LogP contribution in [0.3, 0.4) is 0 Å². The monoisotopic (exact) mass is 272 g/mol. The zero-order valence-corrected chi connectivity index (χ0v) is 11.4. The lowest BCUT2D eigenvalue weighted by molar-refractivity contribution is 0.196. The molecule has 0 saturated carbocycles. The second-order valence-electron chi connectivity index (χ2n) is 3.97. The number of nitrogens with one attached hydrogen (secondary N) is 1. The zero-order valence-electron chi connectivity index (χ0n) is 10.6. The van der Waals surface area contributed by atoms with Gasteiger partial charge >= 0.3 is 0 Å². The lowest BCUT2D eigenvalue weighted by Crippen LogP contribution is -2.27. The minimum atomic E-state index is -3.31. The Labute approximate surface area is 108 Å². The Morgan fingerprint density at radius 1 is 1.28 bits per heavy atom. The lowest BCUT2D eigenvalue weighted by atomic mass is 10.1. The van der Waals surface area contributed by atoms with E-state index in [9.17, 15) is 8.42 Å². The maximum Gasteiger partial charge on any atom is 0.215 e. The number of ether oxygens (including phenoxy) is 1. The third-order valence-corrected chi connectivity index (χ3v) is 3.87. The second kappa shape index (κ2) is 7.48. The highest BCUT2D eigenvalue weighted by Gasteiger charge is 2.12. The van der Waals surface area contributed by atoms with Crippen LogP contribution in [-0.2, 0) is 27.1 Å². The fourth-order valence-corrected chi connectivity index (χ4v) is 2.85. The SMILES string of the molecule is COCCCNS(=O)(=O)Cc1ccccc1CN. The Balaban J connectivity index is 2.59. The third kappa shape index (κ3) is 5.14. The van der Waals surface area contributed by atoms with E-state index in [0.29, 0.717) is 26.1 Å². The summed E-state index contributed by atoms with van der Waals surface area (Å²) in [4.78, 5) is 0. The molecule has 0 radical (unpaired) electrons. The Hall–Kier alpha value is -0.950. The molecular weight excluding hydrogens is 252 g/mol. The molecule has 0 atom stereocenters. The number of sulfonamides is 1. The average molecular weight is 272 g/mol. The van der Waals surface area contributed by atoms with E-state index in [1.165, 1.54) is 0 Å². The van der Waals surface area contributed by atoms with Crippen molar-refractivity contribution in [1.29, 1.82) is 0 Å². The summed E-state index contributed by atoms with van der Waals surface area (Å²) in [6.07, 6.45) is 0.661. The summed E-state index contributed by atoms with van der Waals surface area (Å²) >= 11 is 0. The van der Waals surface area contributed by atoms with Crippen molar-refractivity contribution in [2.45, 2.75) is 18.7 Å². The molecule has 18 heavy (non-hydrogen) atoms. The van der Waals surface area contributed by atoms with Crippen molar-refractivity contribution in [2.75, 3.05) is 20.3 Å². The van der Waals surface area contributed by atoms with Crippen molar-refractivity contribution in [3.05, 3.63) is 35.4 Å². The molecule has 0 fully saturated rings. The van der Waals surface area contributed by atoms with E-state index in [0.717, 1.165) is 11.1 Å². The van der Waals surface area contributed by atoms with Gasteiger partial charge in [0.1, 0.15) is 0 Å². The van der Waals surface area contributed by atoms with E-state index in [1.54, 1.807) is 13.2 Å². The van der Waals surface area contributed by atoms with Crippen molar-refractivity contribution in [1.82, 2.24) is 4.72 Å². The molecule has 0 aliphatic carbocycles. The van der Waals surface area contributed by atoms with E-state index >= 15 is 0 Å². The highest BCUT2D eigenvalue weighted by Crippen LogP contribution is 2.11. The van der Waals surface area contributed by atoms with E-state index in [4.69, 9.17) is 10.5 Å². The van der Waals surface area contributed by atoms with E-state index in [2.05, 4.69) is 4.72 Å². The van der Waals surface area contributed by atoms with Crippen LogP contribution < -0.4 is 10.5 Å². The van der Waals surface area contributed by atoms with Crippen molar-refractivity contribution in [3.63, 3.8) is 0 Å². The van der Waals surface area contributed by atoms with Crippen LogP contribution in [0.4, 0.5) is 0 Å². The molecule has 1 aromatic rings. The third-order valence-electron chi connectivity index (χ3n) is 2.53. The van der Waals surface area contributed by atoms with Gasteiger partial charge in [0.05, 0.1) is 5.75 Å². The number of hydrogen-bond donors (Lipinski definition) is 2. The summed E-state index contributed by atoms with van der Waals surface area (Å²) in [5, 5.41) is 0. The van der Waals surface area contributed by atoms with Gasteiger partial charge in [0.15, 0.2) is 0 Å². The molecule has 0 spiro atoms. The van der Waals surface area contributed by atoms with Gasteiger partial charge in [-0.1, -0.05) is 24.3 Å². The highest BCUT2D eigenvalue weighted by molar-refractivity contribution is 7.88. The van der Waals surface area contributed by atoms with Crippen LogP contribution in [0.15, 0.2) is 24.3 Å². The van der Waals surface area contributed by atoms with Crippen molar-refractivity contribution < 1.29 is 13.2 Å². The summed E-state index contributed by atoms with van der Waals surface area (Å²) in [6.45, 7) is 1.28. The maximum atomic E-state index is 11.8. The Bertz CT molecular complexity index is 460. The fourth-order valence-electron chi connectivity index (χ4n) is 1.60. The molecule has 0 aromatic heterocycles. The summed E-state index contributed by atoms with van der Waals surface area (Å²) in [5.41, 5.74) is 7.19. The fraction of sp³-hybridized carbons (Fsp3) is 0.500. The van der Waals surface area contributed by atoms with Crippen molar-refractivity contribution in [2.24, 2.45) is 5.73 Å². The standard InChI is InChI=1S/C12H20N2O3S/c1-17-8-4-7-14-18(15,16)10-12-6-3-2-5-11(12)9-13/h2-3,5-6,14H,4,7-10,13H2,1H3. The average Bonchev–Trinajstić information content (AvgIpc) is 2.35. The first-order valence-electron chi connectivity index (χ1n) is 5.82. The van der Waals surface area contributed by atoms with Gasteiger partial charge in [-0.05, 0) is 17.5 Å². The molecule has 0 unspecified atom stereocenters. The van der Waals surface area contributed by atoms with Crippen molar-refractivity contribution >= 4 is 10.0 Å². The molecule has 0 aliphatic rings. The van der Waals surface area contributed by atoms with Gasteiger partial charge in [0, 0.05) is 26.8 Å². The van der Waals surface area contributed by atoms with Gasteiger partial charge in [-0.15, -0.1) is 0 Å². The van der Waals surface area contributed by atoms with Crippen LogP contribution in [0.2, 0.25) is 0 Å². The van der Waals surface area contributed by atoms with E-state index in [-0.39, 0.29) is 5.75 Å². The molecule has 0 heterocycles. The smallest absolute Gasteiger partial charge is 0.215 e. The van der Waals surface area contributed by atoms with Gasteiger partial charge in [-0.2, -0.15) is 0 Å². The zero-order chi connectivity index (χ0) is 13.4. The predicted octanol–water partition coefficient (Wildman–Crippen LogP) is 0.601. The quantitative estimate of drug-likeness (QED) is 0.679. The molecule has 0 amide bonds. The lowest BCUT2D eigenvalue weighted by Gasteiger charge is -2.09. The Morgan fingerprint density at radius 2 is 1.94 bits per heavy atom. The molecule has 0 bridgehead atoms. The summed E-state index contributed by atoms with van der Waals surface area (Å²) in [7, 11) is -1.72. The molecule has 3 N–H and O–H groups in total. The molecular formula is C12H20N2O3S. The van der Waals surface area contributed by atoms with Crippen LogP contribution in [0.5, 0.6) is 0 Å². The van der Waals surface area contributed by atoms with Crippen LogP contribution in [0.1, 0.15) is 17.5 Å². The molecule has 0 saturated heterocycles. The van der Waals surface area contributed by atoms with E-state index in [1.807, 2.05) is 18.2 Å². The number of nitrogens with two attached hydrogens (primary N) is 1. The van der Waals surface area contributed by atoms with Crippen molar-refractivity contribution in [3.8, 4) is 0 Å². The molecule has 1 aromatic carbocycles. The second-order valence-corrected chi connectivity index (χ2v) is 5.78. The molecule has 102 valence electrons. The van der Waals surface area contributed by atoms with Gasteiger partial charge in [-0.25, -0.2) is 13.1 Å². The number of hydrogen-bond acceptors (Lipinski definition) is 4. The Kier molecular flexibility index (Phi) is 6.28. The summed E-state index contributed by atoms with van der Waals surface area (Å²) in [6, 6.07) is 7.30. The van der Waals surface area contributed by atoms with Gasteiger partial charge in [-0.3, -0.25) is 0 Å². The predicted molar refractivity (Wildman–Crippen MR) is 71.5 cm³/mol. The van der Waals surface area contributed by atoms with E-state index < -0.39 is 10.0 Å². The van der Waals surface area contributed by atoms with Crippen LogP contribution in [0, 0.1) is 0 Å². The number of benzene rings is 1. The van der Waals surface area contributed by atoms with Gasteiger partial charge in [0.25, 0.3) is 0 Å². The van der Waals surface area contributed by atoms with Gasteiger partial charge in [0.2, 0.25) is 10.0 Å². The van der Waals surface area contributed by atoms with Crippen LogP contribution >= 0.6 is 0 Å². The Morgan fingerprint density at radius 3 is 2.56 bits per heavy atom. The maximum absolute atomic E-state index is 11.8. The van der Waals surface area contributed by atoms with Crippen LogP contribution in [-0.4, -0.2) is 28.7 Å². The molecule has 0 aliphatic heterocycles. The topological polar surface area (TPSA) is 81.4 Å². The summed E-state index contributed by atoms with van der Waals surface area (Å²) in [5.74, 6) is -0.0344. The first kappa shape index (κ1) is 15.1. The highest BCUT2D eigenvalue weighted by atomic mass is 32.2. The molecule has 6 heteroatoms. The number of rotatable bonds is 8. The largest absolute Gasteiger partial charge is 0.385 e.